The first-order valence-corrected chi connectivity index (χ1v) is 14.2. The molecule has 0 saturated heterocycles. The Balaban J connectivity index is 2.10. The Kier molecular flexibility index (Phi) is 10.0. The standard InChI is InChI=1S/C28H28ClF4N3O4S/c1-18(2)34-27(38)19(3)35(16-20-9-11-21(30)12-10-20)26(37)17-36(41(39,40)23-7-5-4-6-8-23)22-13-14-25(29)24(15-22)28(31,32)33/h4-15,18-19H,16-17H2,1-3H3,(H,34,38)/t19-/m0/s1. The predicted octanol–water partition coefficient (Wildman–Crippen LogP) is 5.64. The molecule has 0 bridgehead atoms. The molecule has 0 radical (unpaired) electrons. The highest BCUT2D eigenvalue weighted by Crippen LogP contribution is 2.38. The Morgan fingerprint density at radius 1 is 0.951 bits per heavy atom. The van der Waals surface area contributed by atoms with Crippen molar-refractivity contribution in [2.75, 3.05) is 10.8 Å². The molecule has 0 aliphatic heterocycles. The number of anilines is 1. The van der Waals surface area contributed by atoms with Crippen LogP contribution in [-0.2, 0) is 32.3 Å². The van der Waals surface area contributed by atoms with Crippen LogP contribution in [0.15, 0.2) is 77.7 Å². The van der Waals surface area contributed by atoms with Crippen molar-refractivity contribution in [2.45, 2.75) is 50.5 Å². The van der Waals surface area contributed by atoms with Crippen LogP contribution in [0.1, 0.15) is 31.9 Å². The van der Waals surface area contributed by atoms with Gasteiger partial charge in [0.2, 0.25) is 11.8 Å². The van der Waals surface area contributed by atoms with Gasteiger partial charge in [-0.05, 0) is 68.8 Å². The number of sulfonamides is 1. The Morgan fingerprint density at radius 3 is 2.12 bits per heavy atom. The third kappa shape index (κ3) is 7.98. The lowest BCUT2D eigenvalue weighted by Crippen LogP contribution is -2.52. The molecule has 220 valence electrons. The zero-order valence-electron chi connectivity index (χ0n) is 22.3. The summed E-state index contributed by atoms with van der Waals surface area (Å²) in [6.45, 7) is 3.70. The molecule has 41 heavy (non-hydrogen) atoms. The first-order valence-electron chi connectivity index (χ1n) is 12.4. The lowest BCUT2D eigenvalue weighted by atomic mass is 10.1. The summed E-state index contributed by atoms with van der Waals surface area (Å²) in [6.07, 6.45) is -4.91. The Bertz CT molecular complexity index is 1480. The average molecular weight is 614 g/mol. The number of hydrogen-bond donors (Lipinski definition) is 1. The largest absolute Gasteiger partial charge is 0.417 e. The van der Waals surface area contributed by atoms with Crippen LogP contribution in [0.2, 0.25) is 5.02 Å². The Morgan fingerprint density at radius 2 is 1.56 bits per heavy atom. The zero-order valence-corrected chi connectivity index (χ0v) is 23.9. The third-order valence-corrected chi connectivity index (χ3v) is 8.14. The monoisotopic (exact) mass is 613 g/mol. The van der Waals surface area contributed by atoms with Crippen LogP contribution in [0.25, 0.3) is 0 Å². The Labute approximate surface area is 240 Å². The highest BCUT2D eigenvalue weighted by atomic mass is 35.5. The quantitative estimate of drug-likeness (QED) is 0.300. The second kappa shape index (κ2) is 12.9. The minimum absolute atomic E-state index is 0.209. The van der Waals surface area contributed by atoms with Gasteiger partial charge in [-0.1, -0.05) is 41.9 Å². The molecule has 1 N–H and O–H groups in total. The van der Waals surface area contributed by atoms with Crippen LogP contribution in [0.4, 0.5) is 23.2 Å². The van der Waals surface area contributed by atoms with E-state index in [9.17, 15) is 35.6 Å². The average Bonchev–Trinajstić information content (AvgIpc) is 2.90. The number of amides is 2. The fraction of sp³-hybridized carbons (Fsp3) is 0.286. The van der Waals surface area contributed by atoms with Crippen molar-refractivity contribution in [1.82, 2.24) is 10.2 Å². The van der Waals surface area contributed by atoms with Crippen LogP contribution >= 0.6 is 11.6 Å². The zero-order chi connectivity index (χ0) is 30.5. The van der Waals surface area contributed by atoms with Gasteiger partial charge in [-0.3, -0.25) is 13.9 Å². The van der Waals surface area contributed by atoms with Crippen LogP contribution in [0, 0.1) is 5.82 Å². The van der Waals surface area contributed by atoms with Gasteiger partial charge >= 0.3 is 6.18 Å². The number of benzene rings is 3. The van der Waals surface area contributed by atoms with Gasteiger partial charge in [-0.2, -0.15) is 13.2 Å². The number of carbonyl (C=O) groups is 2. The molecule has 2 amide bonds. The van der Waals surface area contributed by atoms with Crippen molar-refractivity contribution >= 4 is 39.1 Å². The molecule has 3 aromatic rings. The fourth-order valence-electron chi connectivity index (χ4n) is 3.91. The number of nitrogens with zero attached hydrogens (tertiary/aromatic N) is 2. The first kappa shape index (κ1) is 31.9. The maximum Gasteiger partial charge on any atom is 0.417 e. The number of carbonyl (C=O) groups excluding carboxylic acids is 2. The number of alkyl halides is 3. The molecule has 0 heterocycles. The molecule has 0 aromatic heterocycles. The summed E-state index contributed by atoms with van der Waals surface area (Å²) in [5.74, 6) is -1.96. The highest BCUT2D eigenvalue weighted by molar-refractivity contribution is 7.92. The van der Waals surface area contributed by atoms with E-state index < -0.39 is 62.7 Å². The van der Waals surface area contributed by atoms with Crippen LogP contribution in [0.5, 0.6) is 0 Å². The lowest BCUT2D eigenvalue weighted by molar-refractivity contribution is -0.139. The molecule has 7 nitrogen and oxygen atoms in total. The summed E-state index contributed by atoms with van der Waals surface area (Å²) >= 11 is 5.76. The number of hydrogen-bond acceptors (Lipinski definition) is 4. The fourth-order valence-corrected chi connectivity index (χ4v) is 5.56. The van der Waals surface area contributed by atoms with Gasteiger partial charge < -0.3 is 10.2 Å². The van der Waals surface area contributed by atoms with E-state index in [1.165, 1.54) is 43.3 Å². The van der Waals surface area contributed by atoms with Gasteiger partial charge in [0.1, 0.15) is 18.4 Å². The lowest BCUT2D eigenvalue weighted by Gasteiger charge is -2.32. The van der Waals surface area contributed by atoms with Crippen LogP contribution in [0.3, 0.4) is 0 Å². The van der Waals surface area contributed by atoms with Gasteiger partial charge in [0.05, 0.1) is 21.2 Å². The van der Waals surface area contributed by atoms with Gasteiger partial charge in [-0.15, -0.1) is 0 Å². The molecular formula is C28H28ClF4N3O4S. The smallest absolute Gasteiger partial charge is 0.352 e. The minimum Gasteiger partial charge on any atom is -0.352 e. The van der Waals surface area contributed by atoms with Crippen LogP contribution in [-0.4, -0.2) is 43.8 Å². The van der Waals surface area contributed by atoms with E-state index in [2.05, 4.69) is 5.32 Å². The van der Waals surface area contributed by atoms with Crippen molar-refractivity contribution in [1.29, 1.82) is 0 Å². The first-order chi connectivity index (χ1) is 19.1. The molecule has 13 heteroatoms. The summed E-state index contributed by atoms with van der Waals surface area (Å²) in [5.41, 5.74) is -1.31. The molecule has 0 spiro atoms. The van der Waals surface area contributed by atoms with Crippen molar-refractivity contribution in [2.24, 2.45) is 0 Å². The van der Waals surface area contributed by atoms with Gasteiger partial charge in [0.25, 0.3) is 10.0 Å². The van der Waals surface area contributed by atoms with Gasteiger partial charge in [0, 0.05) is 12.6 Å². The number of halogens is 5. The second-order valence-electron chi connectivity index (χ2n) is 9.47. The molecule has 0 aliphatic carbocycles. The van der Waals surface area contributed by atoms with Gasteiger partial charge in [-0.25, -0.2) is 12.8 Å². The van der Waals surface area contributed by atoms with E-state index in [1.807, 2.05) is 0 Å². The SMILES string of the molecule is CC(C)NC(=O)[C@H](C)N(Cc1ccc(F)cc1)C(=O)CN(c1ccc(Cl)c(C(F)(F)F)c1)S(=O)(=O)c1ccccc1. The summed E-state index contributed by atoms with van der Waals surface area (Å²) in [6, 6.07) is 13.1. The minimum atomic E-state index is -4.91. The topological polar surface area (TPSA) is 86.8 Å². The maximum atomic E-state index is 13.8. The third-order valence-electron chi connectivity index (χ3n) is 6.02. The molecule has 1 atom stereocenters. The molecule has 0 fully saturated rings. The van der Waals surface area contributed by atoms with E-state index >= 15 is 0 Å². The van der Waals surface area contributed by atoms with E-state index in [1.54, 1.807) is 19.9 Å². The Hall–Kier alpha value is -3.64. The summed E-state index contributed by atoms with van der Waals surface area (Å²) < 4.78 is 82.5. The predicted molar refractivity (Wildman–Crippen MR) is 147 cm³/mol. The molecule has 0 unspecified atom stereocenters. The maximum absolute atomic E-state index is 13.8. The summed E-state index contributed by atoms with van der Waals surface area (Å²) in [5, 5.41) is 2.03. The molecule has 3 rings (SSSR count). The van der Waals surface area contributed by atoms with E-state index in [-0.39, 0.29) is 17.5 Å². The van der Waals surface area contributed by atoms with E-state index in [4.69, 9.17) is 11.6 Å². The number of nitrogens with one attached hydrogen (secondary N) is 1. The molecule has 3 aromatic carbocycles. The summed E-state index contributed by atoms with van der Waals surface area (Å²) in [7, 11) is -4.58. The van der Waals surface area contributed by atoms with Crippen molar-refractivity contribution in [3.63, 3.8) is 0 Å². The van der Waals surface area contributed by atoms with E-state index in [0.29, 0.717) is 15.9 Å². The highest BCUT2D eigenvalue weighted by Gasteiger charge is 2.37. The molecule has 0 aliphatic rings. The normalized spacial score (nSPS) is 12.6. The van der Waals surface area contributed by atoms with Crippen LogP contribution < -0.4 is 9.62 Å². The molecule has 0 saturated carbocycles. The number of rotatable bonds is 10. The van der Waals surface area contributed by atoms with Gasteiger partial charge in [0.15, 0.2) is 0 Å². The van der Waals surface area contributed by atoms with Crippen molar-refractivity contribution in [3.8, 4) is 0 Å². The summed E-state index contributed by atoms with van der Waals surface area (Å²) in [4.78, 5) is 27.5. The molecular weight excluding hydrogens is 586 g/mol. The van der Waals surface area contributed by atoms with E-state index in [0.717, 1.165) is 29.2 Å². The second-order valence-corrected chi connectivity index (χ2v) is 11.7. The van der Waals surface area contributed by atoms with Crippen molar-refractivity contribution < 1.29 is 35.6 Å². The van der Waals surface area contributed by atoms with Crippen molar-refractivity contribution in [3.05, 3.63) is 94.8 Å².